The zero-order chi connectivity index (χ0) is 20.7. The largest absolute Gasteiger partial charge is 0.406 e. The number of rotatable bonds is 6. The first-order chi connectivity index (χ1) is 13.2. The minimum atomic E-state index is -4.41. The fourth-order valence-corrected chi connectivity index (χ4v) is 3.28. The van der Waals surface area contributed by atoms with Crippen molar-refractivity contribution < 1.29 is 18.0 Å². The van der Waals surface area contributed by atoms with Gasteiger partial charge in [0, 0.05) is 39.3 Å². The van der Waals surface area contributed by atoms with Gasteiger partial charge in [-0.15, -0.1) is 0 Å². The number of likely N-dealkylation sites (tertiary alicyclic amines) is 1. The van der Waals surface area contributed by atoms with Crippen molar-refractivity contribution in [2.75, 3.05) is 33.7 Å². The van der Waals surface area contributed by atoms with Crippen LogP contribution < -0.4 is 10.6 Å². The Labute approximate surface area is 163 Å². The van der Waals surface area contributed by atoms with Gasteiger partial charge >= 0.3 is 6.18 Å². The molecule has 0 saturated carbocycles. The molecule has 1 aliphatic rings. The predicted octanol–water partition coefficient (Wildman–Crippen LogP) is 1.84. The Balaban J connectivity index is 1.80. The first-order valence-corrected chi connectivity index (χ1v) is 9.24. The normalized spacial score (nSPS) is 20.9. The molecular weight excluding hydrogens is 371 g/mol. The molecule has 6 nitrogen and oxygen atoms in total. The molecule has 1 heterocycles. The Bertz CT molecular complexity index is 665. The number of amides is 1. The summed E-state index contributed by atoms with van der Waals surface area (Å²) in [5.74, 6) is -0.238. The van der Waals surface area contributed by atoms with E-state index in [4.69, 9.17) is 0 Å². The highest BCUT2D eigenvalue weighted by Crippen LogP contribution is 2.20. The van der Waals surface area contributed by atoms with Crippen LogP contribution in [0.4, 0.5) is 13.2 Å². The maximum Gasteiger partial charge on any atom is 0.406 e. The first-order valence-electron chi connectivity index (χ1n) is 9.24. The Morgan fingerprint density at radius 3 is 2.61 bits per heavy atom. The molecule has 0 radical (unpaired) electrons. The number of alkyl halides is 3. The zero-order valence-corrected chi connectivity index (χ0v) is 16.5. The Hall–Kier alpha value is -2.29. The van der Waals surface area contributed by atoms with Crippen molar-refractivity contribution in [3.63, 3.8) is 0 Å². The second-order valence-corrected chi connectivity index (χ2v) is 7.13. The average Bonchev–Trinajstić information content (AvgIpc) is 2.96. The van der Waals surface area contributed by atoms with Gasteiger partial charge in [-0.1, -0.05) is 30.3 Å². The summed E-state index contributed by atoms with van der Waals surface area (Å²) in [7, 11) is 2.70. The van der Waals surface area contributed by atoms with Crippen molar-refractivity contribution in [2.24, 2.45) is 4.99 Å². The summed E-state index contributed by atoms with van der Waals surface area (Å²) in [6.45, 7) is 2.32. The second-order valence-electron chi connectivity index (χ2n) is 7.13. The lowest BCUT2D eigenvalue weighted by Gasteiger charge is -2.22. The summed E-state index contributed by atoms with van der Waals surface area (Å²) >= 11 is 0. The van der Waals surface area contributed by atoms with Gasteiger partial charge in [0.05, 0.1) is 6.54 Å². The van der Waals surface area contributed by atoms with Crippen LogP contribution >= 0.6 is 0 Å². The van der Waals surface area contributed by atoms with Gasteiger partial charge < -0.3 is 15.5 Å². The first kappa shape index (κ1) is 22.0. The molecule has 9 heteroatoms. The lowest BCUT2D eigenvalue weighted by molar-refractivity contribution is -0.157. The van der Waals surface area contributed by atoms with Crippen molar-refractivity contribution in [3.8, 4) is 0 Å². The number of nitrogens with one attached hydrogen (secondary N) is 2. The third kappa shape index (κ3) is 7.03. The molecule has 2 atom stereocenters. The van der Waals surface area contributed by atoms with Gasteiger partial charge in [0.2, 0.25) is 5.91 Å². The summed E-state index contributed by atoms with van der Waals surface area (Å²) in [5.41, 5.74) is 1.25. The van der Waals surface area contributed by atoms with Crippen LogP contribution in [-0.4, -0.2) is 73.7 Å². The molecule has 1 aromatic rings. The number of guanidine groups is 1. The van der Waals surface area contributed by atoms with Crippen LogP contribution in [0.2, 0.25) is 0 Å². The molecule has 156 valence electrons. The third-order valence-electron chi connectivity index (χ3n) is 4.75. The van der Waals surface area contributed by atoms with E-state index < -0.39 is 18.6 Å². The molecule has 1 aliphatic heterocycles. The molecule has 28 heavy (non-hydrogen) atoms. The number of hydrogen-bond acceptors (Lipinski definition) is 3. The number of carbonyl (C=O) groups is 1. The average molecular weight is 399 g/mol. The number of halogens is 3. The van der Waals surface area contributed by atoms with Gasteiger partial charge in [-0.25, -0.2) is 0 Å². The molecule has 1 saturated heterocycles. The van der Waals surface area contributed by atoms with Crippen LogP contribution in [0.25, 0.3) is 0 Å². The van der Waals surface area contributed by atoms with Gasteiger partial charge in [-0.2, -0.15) is 13.2 Å². The molecule has 0 aliphatic carbocycles. The van der Waals surface area contributed by atoms with Gasteiger partial charge in [0.15, 0.2) is 5.96 Å². The van der Waals surface area contributed by atoms with E-state index in [0.717, 1.165) is 26.6 Å². The van der Waals surface area contributed by atoms with Crippen molar-refractivity contribution in [1.29, 1.82) is 0 Å². The van der Waals surface area contributed by atoms with Crippen molar-refractivity contribution in [2.45, 2.75) is 38.1 Å². The SMILES string of the molecule is CN=C(NCC(=O)N(C)CC(F)(F)F)NC1CC(C)N(Cc2ccccc2)C1. The molecule has 1 fully saturated rings. The third-order valence-corrected chi connectivity index (χ3v) is 4.75. The molecule has 2 rings (SSSR count). The highest BCUT2D eigenvalue weighted by atomic mass is 19.4. The number of aliphatic imine (C=N–C) groups is 1. The van der Waals surface area contributed by atoms with Gasteiger partial charge in [-0.3, -0.25) is 14.7 Å². The van der Waals surface area contributed by atoms with E-state index in [1.807, 2.05) is 18.2 Å². The number of benzene rings is 1. The number of hydrogen-bond donors (Lipinski definition) is 2. The van der Waals surface area contributed by atoms with E-state index in [0.29, 0.717) is 16.9 Å². The minimum Gasteiger partial charge on any atom is -0.352 e. The van der Waals surface area contributed by atoms with E-state index in [9.17, 15) is 18.0 Å². The lowest BCUT2D eigenvalue weighted by Crippen LogP contribution is -2.48. The molecular formula is C19H28F3N5O. The van der Waals surface area contributed by atoms with E-state index in [-0.39, 0.29) is 12.6 Å². The molecule has 0 aromatic heterocycles. The Morgan fingerprint density at radius 2 is 2.00 bits per heavy atom. The van der Waals surface area contributed by atoms with Crippen LogP contribution in [0.3, 0.4) is 0 Å². The number of likely N-dealkylation sites (N-methyl/N-ethyl adjacent to an activating group) is 1. The summed E-state index contributed by atoms with van der Waals surface area (Å²) in [4.78, 5) is 18.9. The fraction of sp³-hybridized carbons (Fsp3) is 0.579. The molecule has 0 bridgehead atoms. The van der Waals surface area contributed by atoms with Gasteiger partial charge in [0.25, 0.3) is 0 Å². The molecule has 1 aromatic carbocycles. The smallest absolute Gasteiger partial charge is 0.352 e. The molecule has 2 N–H and O–H groups in total. The number of nitrogens with zero attached hydrogens (tertiary/aromatic N) is 3. The highest BCUT2D eigenvalue weighted by molar-refractivity contribution is 5.86. The quantitative estimate of drug-likeness (QED) is 0.566. The van der Waals surface area contributed by atoms with Crippen molar-refractivity contribution in [3.05, 3.63) is 35.9 Å². The van der Waals surface area contributed by atoms with Crippen molar-refractivity contribution >= 4 is 11.9 Å². The summed E-state index contributed by atoms with van der Waals surface area (Å²) in [5, 5.41) is 6.06. The van der Waals surface area contributed by atoms with Crippen LogP contribution in [0.15, 0.2) is 35.3 Å². The van der Waals surface area contributed by atoms with E-state index in [1.165, 1.54) is 5.56 Å². The maximum absolute atomic E-state index is 12.4. The van der Waals surface area contributed by atoms with E-state index in [2.05, 4.69) is 39.6 Å². The summed E-state index contributed by atoms with van der Waals surface area (Å²) in [6.07, 6.45) is -3.50. The maximum atomic E-state index is 12.4. The van der Waals surface area contributed by atoms with Crippen LogP contribution in [0, 0.1) is 0 Å². The summed E-state index contributed by atoms with van der Waals surface area (Å²) < 4.78 is 37.1. The fourth-order valence-electron chi connectivity index (χ4n) is 3.28. The van der Waals surface area contributed by atoms with Crippen molar-refractivity contribution in [1.82, 2.24) is 20.4 Å². The Kier molecular flexibility index (Phi) is 7.68. The second kappa shape index (κ2) is 9.77. The summed E-state index contributed by atoms with van der Waals surface area (Å²) in [6, 6.07) is 10.7. The lowest BCUT2D eigenvalue weighted by atomic mass is 10.2. The zero-order valence-electron chi connectivity index (χ0n) is 16.5. The Morgan fingerprint density at radius 1 is 1.32 bits per heavy atom. The van der Waals surface area contributed by atoms with Gasteiger partial charge in [-0.05, 0) is 18.9 Å². The number of carbonyl (C=O) groups excluding carboxylic acids is 1. The topological polar surface area (TPSA) is 60.0 Å². The standard InChI is InChI=1S/C19H28F3N5O/c1-14-9-16(12-27(14)11-15-7-5-4-6-8-15)25-18(23-2)24-10-17(28)26(3)13-19(20,21)22/h4-8,14,16H,9-13H2,1-3H3,(H2,23,24,25). The highest BCUT2D eigenvalue weighted by Gasteiger charge is 2.32. The van der Waals surface area contributed by atoms with Gasteiger partial charge in [0.1, 0.15) is 6.54 Å². The monoisotopic (exact) mass is 399 g/mol. The van der Waals surface area contributed by atoms with Crippen LogP contribution in [0.1, 0.15) is 18.9 Å². The molecule has 1 amide bonds. The molecule has 2 unspecified atom stereocenters. The molecule has 0 spiro atoms. The predicted molar refractivity (Wildman–Crippen MR) is 103 cm³/mol. The van der Waals surface area contributed by atoms with Crippen LogP contribution in [-0.2, 0) is 11.3 Å². The van der Waals surface area contributed by atoms with E-state index >= 15 is 0 Å². The van der Waals surface area contributed by atoms with E-state index in [1.54, 1.807) is 7.05 Å². The van der Waals surface area contributed by atoms with Crippen LogP contribution in [0.5, 0.6) is 0 Å². The minimum absolute atomic E-state index is 0.146.